The number of aromatic nitrogens is 4. The molecule has 11 heteroatoms. The van der Waals surface area contributed by atoms with E-state index in [1.54, 1.807) is 62.0 Å². The number of methoxy groups -OCH3 is 1. The third kappa shape index (κ3) is 5.83. The summed E-state index contributed by atoms with van der Waals surface area (Å²) < 4.78 is 24.0. The fourth-order valence-corrected chi connectivity index (χ4v) is 4.68. The maximum Gasteiger partial charge on any atom is 0.338 e. The molecular formula is C28H29N5O6. The number of ether oxygens (including phenoxy) is 4. The number of benzene rings is 2. The van der Waals surface area contributed by atoms with Gasteiger partial charge in [0.2, 0.25) is 11.8 Å². The lowest BCUT2D eigenvalue weighted by atomic mass is 9.69. The first kappa shape index (κ1) is 26.1. The number of hydrogen-bond acceptors (Lipinski definition) is 10. The van der Waals surface area contributed by atoms with E-state index in [9.17, 15) is 9.59 Å². The zero-order chi connectivity index (χ0) is 27.2. The van der Waals surface area contributed by atoms with Crippen molar-refractivity contribution in [3.8, 4) is 5.88 Å². The van der Waals surface area contributed by atoms with Crippen LogP contribution in [0.2, 0.25) is 0 Å². The highest BCUT2D eigenvalue weighted by atomic mass is 16.5. The van der Waals surface area contributed by atoms with Crippen LogP contribution in [0.1, 0.15) is 33.2 Å². The molecule has 2 aromatic carbocycles. The van der Waals surface area contributed by atoms with Crippen molar-refractivity contribution in [3.63, 3.8) is 0 Å². The molecule has 0 radical (unpaired) electrons. The van der Waals surface area contributed by atoms with Gasteiger partial charge in [0.1, 0.15) is 6.61 Å². The first-order valence-corrected chi connectivity index (χ1v) is 12.6. The number of hydrogen-bond donors (Lipinski definition) is 1. The Balaban J connectivity index is 1.35. The van der Waals surface area contributed by atoms with Gasteiger partial charge in [0.15, 0.2) is 11.2 Å². The van der Waals surface area contributed by atoms with Crippen LogP contribution in [-0.2, 0) is 14.2 Å². The van der Waals surface area contributed by atoms with E-state index in [0.717, 1.165) is 0 Å². The van der Waals surface area contributed by atoms with Crippen molar-refractivity contribution < 1.29 is 28.5 Å². The van der Waals surface area contributed by atoms with Crippen molar-refractivity contribution >= 4 is 29.1 Å². The van der Waals surface area contributed by atoms with E-state index >= 15 is 0 Å². The Morgan fingerprint density at radius 3 is 2.21 bits per heavy atom. The standard InChI is InChI=1S/C28H29N5O6/c1-36-12-13-37-25-23-24(31-28(29)32-25)33(17-30-23)22-14-20(15-38-26(34)18-8-4-2-5-9-18)21(22)16-39-27(35)19-10-6-3-7-11-19/h2-11,17,20-22H,12-16H2,1H3,(H2,29,31,32). The fourth-order valence-electron chi connectivity index (χ4n) is 4.68. The predicted octanol–water partition coefficient (Wildman–Crippen LogP) is 3.32. The van der Waals surface area contributed by atoms with Gasteiger partial charge in [-0.1, -0.05) is 36.4 Å². The molecular weight excluding hydrogens is 502 g/mol. The number of carbonyl (C=O) groups excluding carboxylic acids is 2. The zero-order valence-electron chi connectivity index (χ0n) is 21.4. The Morgan fingerprint density at radius 1 is 0.923 bits per heavy atom. The summed E-state index contributed by atoms with van der Waals surface area (Å²) >= 11 is 0. The highest BCUT2D eigenvalue weighted by molar-refractivity contribution is 5.89. The quantitative estimate of drug-likeness (QED) is 0.226. The molecule has 11 nitrogen and oxygen atoms in total. The largest absolute Gasteiger partial charge is 0.474 e. The molecule has 2 N–H and O–H groups in total. The summed E-state index contributed by atoms with van der Waals surface area (Å²) in [7, 11) is 1.58. The Hall–Kier alpha value is -4.51. The van der Waals surface area contributed by atoms with Crippen molar-refractivity contribution in [2.24, 2.45) is 11.8 Å². The van der Waals surface area contributed by atoms with E-state index in [-0.39, 0.29) is 49.5 Å². The molecule has 1 aliphatic carbocycles. The highest BCUT2D eigenvalue weighted by Gasteiger charge is 2.44. The summed E-state index contributed by atoms with van der Waals surface area (Å²) in [4.78, 5) is 38.3. The monoisotopic (exact) mass is 531 g/mol. The number of imidazole rings is 1. The van der Waals surface area contributed by atoms with Crippen molar-refractivity contribution in [2.45, 2.75) is 12.5 Å². The molecule has 1 fully saturated rings. The van der Waals surface area contributed by atoms with Gasteiger partial charge in [0.25, 0.3) is 0 Å². The Kier molecular flexibility index (Phi) is 7.97. The number of nitrogens with two attached hydrogens (primary N) is 1. The second-order valence-corrected chi connectivity index (χ2v) is 9.21. The molecule has 0 amide bonds. The van der Waals surface area contributed by atoms with Crippen LogP contribution in [-0.4, -0.2) is 65.0 Å². The first-order chi connectivity index (χ1) is 19.0. The summed E-state index contributed by atoms with van der Waals surface area (Å²) in [6.45, 7) is 0.981. The molecule has 3 atom stereocenters. The summed E-state index contributed by atoms with van der Waals surface area (Å²) in [5.74, 6) is -0.694. The number of nitrogens with zero attached hydrogens (tertiary/aromatic N) is 4. The van der Waals surface area contributed by atoms with Crippen molar-refractivity contribution in [1.29, 1.82) is 0 Å². The zero-order valence-corrected chi connectivity index (χ0v) is 21.4. The van der Waals surface area contributed by atoms with Gasteiger partial charge in [-0.05, 0) is 30.7 Å². The number of rotatable bonds is 11. The van der Waals surface area contributed by atoms with Gasteiger partial charge >= 0.3 is 11.9 Å². The molecule has 0 bridgehead atoms. The maximum atomic E-state index is 12.7. The molecule has 0 aliphatic heterocycles. The SMILES string of the molecule is COCCOc1nc(N)nc2c1ncn2C1CC(COC(=O)c2ccccc2)C1COC(=O)c1ccccc1. The Morgan fingerprint density at radius 2 is 1.56 bits per heavy atom. The van der Waals surface area contributed by atoms with E-state index < -0.39 is 11.9 Å². The van der Waals surface area contributed by atoms with Crippen LogP contribution in [0.5, 0.6) is 5.88 Å². The topological polar surface area (TPSA) is 141 Å². The van der Waals surface area contributed by atoms with Gasteiger partial charge in [-0.3, -0.25) is 0 Å². The molecule has 0 saturated heterocycles. The lowest BCUT2D eigenvalue weighted by Gasteiger charge is -2.44. The average molecular weight is 532 g/mol. The minimum Gasteiger partial charge on any atom is -0.474 e. The number of carbonyl (C=O) groups is 2. The predicted molar refractivity (Wildman–Crippen MR) is 141 cm³/mol. The number of anilines is 1. The summed E-state index contributed by atoms with van der Waals surface area (Å²) in [6.07, 6.45) is 2.32. The Bertz CT molecular complexity index is 1430. The van der Waals surface area contributed by atoms with Gasteiger partial charge in [-0.15, -0.1) is 0 Å². The van der Waals surface area contributed by atoms with Crippen LogP contribution in [0, 0.1) is 11.8 Å². The smallest absolute Gasteiger partial charge is 0.338 e. The van der Waals surface area contributed by atoms with E-state index in [2.05, 4.69) is 15.0 Å². The molecule has 2 aromatic heterocycles. The van der Waals surface area contributed by atoms with Gasteiger partial charge in [-0.2, -0.15) is 9.97 Å². The minimum absolute atomic E-state index is 0.0414. The highest BCUT2D eigenvalue weighted by Crippen LogP contribution is 2.46. The molecule has 5 rings (SSSR count). The number of esters is 2. The summed E-state index contributed by atoms with van der Waals surface area (Å²) in [6, 6.07) is 17.5. The summed E-state index contributed by atoms with van der Waals surface area (Å²) in [5.41, 5.74) is 7.91. The van der Waals surface area contributed by atoms with Crippen molar-refractivity contribution in [3.05, 3.63) is 78.1 Å². The van der Waals surface area contributed by atoms with E-state index in [1.807, 2.05) is 16.7 Å². The fraction of sp³-hybridized carbons (Fsp3) is 0.321. The van der Waals surface area contributed by atoms with Crippen molar-refractivity contribution in [2.75, 3.05) is 39.3 Å². The third-order valence-corrected chi connectivity index (χ3v) is 6.79. The second kappa shape index (κ2) is 11.9. The van der Waals surface area contributed by atoms with Crippen LogP contribution < -0.4 is 10.5 Å². The van der Waals surface area contributed by atoms with Gasteiger partial charge in [0, 0.05) is 25.0 Å². The minimum atomic E-state index is -0.419. The molecule has 39 heavy (non-hydrogen) atoms. The molecule has 3 unspecified atom stereocenters. The third-order valence-electron chi connectivity index (χ3n) is 6.79. The lowest BCUT2D eigenvalue weighted by Crippen LogP contribution is -2.44. The number of nitrogen functional groups attached to an aromatic ring is 1. The van der Waals surface area contributed by atoms with Gasteiger partial charge in [0.05, 0.1) is 37.3 Å². The second-order valence-electron chi connectivity index (χ2n) is 9.21. The molecule has 1 aliphatic rings. The van der Waals surface area contributed by atoms with Crippen LogP contribution in [0.25, 0.3) is 11.2 Å². The average Bonchev–Trinajstić information content (AvgIpc) is 3.36. The molecule has 0 spiro atoms. The van der Waals surface area contributed by atoms with E-state index in [4.69, 9.17) is 24.7 Å². The van der Waals surface area contributed by atoms with Crippen molar-refractivity contribution in [1.82, 2.24) is 19.5 Å². The lowest BCUT2D eigenvalue weighted by molar-refractivity contribution is -0.0308. The summed E-state index contributed by atoms with van der Waals surface area (Å²) in [5, 5.41) is 0. The molecule has 4 aromatic rings. The van der Waals surface area contributed by atoms with Gasteiger partial charge in [-0.25, -0.2) is 14.6 Å². The van der Waals surface area contributed by atoms with E-state index in [1.165, 1.54) is 0 Å². The van der Waals surface area contributed by atoms with Gasteiger partial charge < -0.3 is 29.2 Å². The first-order valence-electron chi connectivity index (χ1n) is 12.6. The van der Waals surface area contributed by atoms with Crippen LogP contribution in [0.4, 0.5) is 5.95 Å². The molecule has 1 saturated carbocycles. The van der Waals surface area contributed by atoms with Crippen LogP contribution >= 0.6 is 0 Å². The maximum absolute atomic E-state index is 12.7. The van der Waals surface area contributed by atoms with Crippen LogP contribution in [0.15, 0.2) is 67.0 Å². The Labute approximate surface area is 224 Å². The molecule has 202 valence electrons. The normalized spacial score (nSPS) is 18.3. The molecule has 2 heterocycles. The van der Waals surface area contributed by atoms with E-state index in [0.29, 0.717) is 35.3 Å². The number of fused-ring (bicyclic) bond motifs is 1. The van der Waals surface area contributed by atoms with Crippen LogP contribution in [0.3, 0.4) is 0 Å².